The Morgan fingerprint density at radius 2 is 1.76 bits per heavy atom. The first-order valence-electron chi connectivity index (χ1n) is 13.4. The van der Waals surface area contributed by atoms with Crippen molar-refractivity contribution in [3.8, 4) is 11.3 Å². The number of nitrogens with zero attached hydrogens (tertiary/aromatic N) is 5. The molecule has 3 aromatic carbocycles. The van der Waals surface area contributed by atoms with Gasteiger partial charge in [0.25, 0.3) is 5.69 Å². The minimum atomic E-state index is -3.55. The smallest absolute Gasteiger partial charge is 0.258 e. The van der Waals surface area contributed by atoms with E-state index >= 15 is 0 Å². The van der Waals surface area contributed by atoms with Gasteiger partial charge in [-0.25, -0.2) is 18.4 Å². The standard InChI is InChI=1S/C30H31N5O4S2.BrH/c1-5-33(6-2)41(38,39)25-14-12-22(13-15-25)28-19-40-30(31-28)34-29(23-8-7-9-24(17-23)35(36)37)18-27(32-34)26-16-20(3)10-11-21(26)4;/h7-17,19,29H,5-6,18H2,1-4H3;1H. The number of anilines is 1. The maximum absolute atomic E-state index is 12.9. The SMILES string of the molecule is Br.CCN(CC)S(=O)(=O)c1ccc(-c2csc(N3N=C(c4cc(C)ccc4C)CC3c3cccc([N+](=O)[O-])c3)n2)cc1. The van der Waals surface area contributed by atoms with E-state index in [9.17, 15) is 18.5 Å². The van der Waals surface area contributed by atoms with Crippen molar-refractivity contribution in [2.75, 3.05) is 18.1 Å². The van der Waals surface area contributed by atoms with Gasteiger partial charge in [-0.05, 0) is 43.2 Å². The molecular weight excluding hydrogens is 638 g/mol. The number of hydrazone groups is 1. The zero-order valence-electron chi connectivity index (χ0n) is 23.7. The average Bonchev–Trinajstić information content (AvgIpc) is 3.63. The van der Waals surface area contributed by atoms with Crippen molar-refractivity contribution in [3.63, 3.8) is 0 Å². The molecule has 5 rings (SSSR count). The maximum Gasteiger partial charge on any atom is 0.269 e. The van der Waals surface area contributed by atoms with E-state index in [1.165, 1.54) is 21.7 Å². The van der Waals surface area contributed by atoms with Gasteiger partial charge in [-0.1, -0.05) is 55.8 Å². The van der Waals surface area contributed by atoms with Crippen LogP contribution in [0.5, 0.6) is 0 Å². The lowest BCUT2D eigenvalue weighted by Crippen LogP contribution is -2.30. The van der Waals surface area contributed by atoms with Gasteiger partial charge in [0.05, 0.1) is 27.3 Å². The van der Waals surface area contributed by atoms with E-state index in [4.69, 9.17) is 10.1 Å². The van der Waals surface area contributed by atoms with Gasteiger partial charge in [0.2, 0.25) is 15.2 Å². The summed E-state index contributed by atoms with van der Waals surface area (Å²) in [6, 6.07) is 19.4. The van der Waals surface area contributed by atoms with Crippen molar-refractivity contribution in [2.45, 2.75) is 45.1 Å². The number of hydrogen-bond donors (Lipinski definition) is 0. The Kier molecular flexibility index (Phi) is 9.61. The van der Waals surface area contributed by atoms with Crippen LogP contribution >= 0.6 is 28.3 Å². The first kappa shape index (κ1) is 31.5. The highest BCUT2D eigenvalue weighted by atomic mass is 79.9. The summed E-state index contributed by atoms with van der Waals surface area (Å²) in [5.41, 5.74) is 6.47. The van der Waals surface area contributed by atoms with Gasteiger partial charge in [-0.3, -0.25) is 10.1 Å². The second kappa shape index (κ2) is 12.8. The molecule has 1 aliphatic heterocycles. The number of sulfonamides is 1. The van der Waals surface area contributed by atoms with Gasteiger partial charge in [0.15, 0.2) is 0 Å². The highest BCUT2D eigenvalue weighted by molar-refractivity contribution is 8.93. The van der Waals surface area contributed by atoms with Crippen molar-refractivity contribution in [1.29, 1.82) is 0 Å². The van der Waals surface area contributed by atoms with E-state index in [1.807, 2.05) is 44.2 Å². The fraction of sp³-hybridized carbons (Fsp3) is 0.267. The number of thiazole rings is 1. The first-order valence-corrected chi connectivity index (χ1v) is 15.7. The normalized spacial score (nSPS) is 15.0. The topological polar surface area (TPSA) is 109 Å². The van der Waals surface area contributed by atoms with Crippen LogP contribution in [0.25, 0.3) is 11.3 Å². The number of aryl methyl sites for hydroxylation is 2. The molecule has 0 fully saturated rings. The molecule has 1 aromatic heterocycles. The number of nitro benzene ring substituents is 1. The predicted molar refractivity (Wildman–Crippen MR) is 173 cm³/mol. The molecule has 9 nitrogen and oxygen atoms in total. The summed E-state index contributed by atoms with van der Waals surface area (Å²) in [6.45, 7) is 8.54. The number of rotatable bonds is 9. The Balaban J connectivity index is 0.00000405. The second-order valence-corrected chi connectivity index (χ2v) is 12.7. The van der Waals surface area contributed by atoms with Gasteiger partial charge >= 0.3 is 0 Å². The third kappa shape index (κ3) is 6.17. The van der Waals surface area contributed by atoms with Crippen molar-refractivity contribution >= 4 is 54.9 Å². The van der Waals surface area contributed by atoms with Gasteiger partial charge in [0, 0.05) is 48.2 Å². The van der Waals surface area contributed by atoms with Crippen molar-refractivity contribution < 1.29 is 13.3 Å². The van der Waals surface area contributed by atoms with Crippen LogP contribution in [0.3, 0.4) is 0 Å². The molecule has 0 spiro atoms. The highest BCUT2D eigenvalue weighted by Gasteiger charge is 2.33. The molecule has 0 radical (unpaired) electrons. The van der Waals surface area contributed by atoms with Crippen LogP contribution in [-0.2, 0) is 10.0 Å². The molecule has 0 saturated carbocycles. The van der Waals surface area contributed by atoms with Gasteiger partial charge in [-0.15, -0.1) is 28.3 Å². The number of nitro groups is 1. The fourth-order valence-electron chi connectivity index (χ4n) is 5.01. The number of non-ortho nitro benzene ring substituents is 1. The molecule has 2 heterocycles. The predicted octanol–water partition coefficient (Wildman–Crippen LogP) is 7.30. The van der Waals surface area contributed by atoms with E-state index in [0.717, 1.165) is 33.5 Å². The van der Waals surface area contributed by atoms with Gasteiger partial charge in [-0.2, -0.15) is 9.41 Å². The lowest BCUT2D eigenvalue weighted by molar-refractivity contribution is -0.384. The third-order valence-electron chi connectivity index (χ3n) is 7.26. The summed E-state index contributed by atoms with van der Waals surface area (Å²) in [5.74, 6) is 0. The van der Waals surface area contributed by atoms with Crippen LogP contribution in [0.4, 0.5) is 10.8 Å². The van der Waals surface area contributed by atoms with Crippen molar-refractivity contribution in [2.24, 2.45) is 5.10 Å². The number of halogens is 1. The number of hydrogen-bond acceptors (Lipinski definition) is 8. The monoisotopic (exact) mass is 669 g/mol. The van der Waals surface area contributed by atoms with Crippen LogP contribution in [-0.4, -0.2) is 41.4 Å². The van der Waals surface area contributed by atoms with E-state index < -0.39 is 10.0 Å². The van der Waals surface area contributed by atoms with E-state index in [2.05, 4.69) is 18.2 Å². The summed E-state index contributed by atoms with van der Waals surface area (Å²) in [5, 5.41) is 20.9. The van der Waals surface area contributed by atoms with Gasteiger partial charge < -0.3 is 0 Å². The third-order valence-corrected chi connectivity index (χ3v) is 10.2. The molecule has 1 atom stereocenters. The zero-order chi connectivity index (χ0) is 29.3. The fourth-order valence-corrected chi connectivity index (χ4v) is 7.30. The molecule has 0 bridgehead atoms. The quantitative estimate of drug-likeness (QED) is 0.137. The Morgan fingerprint density at radius 3 is 2.43 bits per heavy atom. The summed E-state index contributed by atoms with van der Waals surface area (Å²) >= 11 is 1.42. The van der Waals surface area contributed by atoms with E-state index in [1.54, 1.807) is 36.4 Å². The summed E-state index contributed by atoms with van der Waals surface area (Å²) in [7, 11) is -3.55. The molecule has 12 heteroatoms. The van der Waals surface area contributed by atoms with Gasteiger partial charge in [0.1, 0.15) is 0 Å². The van der Waals surface area contributed by atoms with E-state index in [0.29, 0.717) is 30.3 Å². The molecule has 0 saturated heterocycles. The van der Waals surface area contributed by atoms with Crippen LogP contribution in [0.15, 0.2) is 82.1 Å². The second-order valence-electron chi connectivity index (χ2n) is 9.91. The molecule has 42 heavy (non-hydrogen) atoms. The zero-order valence-corrected chi connectivity index (χ0v) is 27.1. The summed E-state index contributed by atoms with van der Waals surface area (Å²) in [4.78, 5) is 16.2. The number of aromatic nitrogens is 1. The molecule has 1 aliphatic rings. The average molecular weight is 671 g/mol. The minimum Gasteiger partial charge on any atom is -0.258 e. The Bertz CT molecular complexity index is 1730. The van der Waals surface area contributed by atoms with Crippen molar-refractivity contribution in [1.82, 2.24) is 9.29 Å². The number of benzene rings is 3. The minimum absolute atomic E-state index is 0. The lowest BCUT2D eigenvalue weighted by atomic mass is 9.95. The molecule has 220 valence electrons. The molecule has 0 amide bonds. The lowest BCUT2D eigenvalue weighted by Gasteiger charge is -2.21. The summed E-state index contributed by atoms with van der Waals surface area (Å²) < 4.78 is 27.2. The molecule has 4 aromatic rings. The van der Waals surface area contributed by atoms with Crippen LogP contribution in [0.2, 0.25) is 0 Å². The van der Waals surface area contributed by atoms with Crippen LogP contribution in [0.1, 0.15) is 48.6 Å². The largest absolute Gasteiger partial charge is 0.269 e. The summed E-state index contributed by atoms with van der Waals surface area (Å²) in [6.07, 6.45) is 0.568. The van der Waals surface area contributed by atoms with E-state index in [-0.39, 0.29) is 38.5 Å². The van der Waals surface area contributed by atoms with Crippen molar-refractivity contribution in [3.05, 3.63) is 104 Å². The Hall–Kier alpha value is -3.45. The molecule has 0 aliphatic carbocycles. The van der Waals surface area contributed by atoms with Crippen LogP contribution < -0.4 is 5.01 Å². The molecule has 0 N–H and O–H groups in total. The van der Waals surface area contributed by atoms with Crippen LogP contribution in [0, 0.1) is 24.0 Å². The Morgan fingerprint density at radius 1 is 1.05 bits per heavy atom. The Labute approximate surface area is 260 Å². The highest BCUT2D eigenvalue weighted by Crippen LogP contribution is 2.40. The maximum atomic E-state index is 12.9. The molecular formula is C30H32BrN5O4S2. The first-order chi connectivity index (χ1) is 19.6. The molecule has 1 unspecified atom stereocenters.